The van der Waals surface area contributed by atoms with Crippen LogP contribution in [0, 0.1) is 6.92 Å². The maximum atomic E-state index is 11.5. The van der Waals surface area contributed by atoms with E-state index in [0.29, 0.717) is 17.9 Å². The molecule has 0 atom stereocenters. The third kappa shape index (κ3) is 3.20. The van der Waals surface area contributed by atoms with Crippen molar-refractivity contribution in [3.05, 3.63) is 77.4 Å². The van der Waals surface area contributed by atoms with Gasteiger partial charge in [-0.05, 0) is 41.3 Å². The Morgan fingerprint density at radius 1 is 1.00 bits per heavy atom. The van der Waals surface area contributed by atoms with E-state index in [4.69, 9.17) is 5.73 Å². The molecule has 5 nitrogen and oxygen atoms in total. The van der Waals surface area contributed by atoms with Crippen LogP contribution in [0.1, 0.15) is 21.5 Å². The van der Waals surface area contributed by atoms with Crippen LogP contribution in [-0.2, 0) is 6.54 Å². The molecule has 0 unspecified atom stereocenters. The number of aromatic amines is 1. The number of hydrogen-bond donors (Lipinski definition) is 3. The largest absolute Gasteiger partial charge is 0.478 e. The van der Waals surface area contributed by atoms with E-state index in [-0.39, 0.29) is 5.56 Å². The lowest BCUT2D eigenvalue weighted by Gasteiger charge is -2.04. The number of rotatable bonds is 4. The molecule has 0 saturated heterocycles. The number of fused-ring (bicyclic) bond motifs is 1. The highest BCUT2D eigenvalue weighted by Crippen LogP contribution is 2.27. The number of carboxylic acids is 1. The number of aromatic carboxylic acids is 1. The molecule has 4 N–H and O–H groups in total. The Bertz CT molecular complexity index is 1130. The summed E-state index contributed by atoms with van der Waals surface area (Å²) in [5.74, 6) is -0.318. The first kappa shape index (κ1) is 17.0. The van der Waals surface area contributed by atoms with Crippen LogP contribution in [0.2, 0.25) is 0 Å². The molecular formula is C22H19N3O2. The monoisotopic (exact) mass is 357 g/mol. The molecule has 4 aromatic rings. The second-order valence-electron chi connectivity index (χ2n) is 6.58. The highest BCUT2D eigenvalue weighted by molar-refractivity contribution is 6.02. The second kappa shape index (κ2) is 6.70. The third-order valence-corrected chi connectivity index (χ3v) is 4.64. The van der Waals surface area contributed by atoms with Gasteiger partial charge in [0.15, 0.2) is 0 Å². The fourth-order valence-corrected chi connectivity index (χ4v) is 3.22. The van der Waals surface area contributed by atoms with E-state index in [2.05, 4.69) is 22.1 Å². The average molecular weight is 357 g/mol. The molecule has 0 radical (unpaired) electrons. The lowest BCUT2D eigenvalue weighted by Crippen LogP contribution is -1.98. The van der Waals surface area contributed by atoms with E-state index in [1.165, 1.54) is 0 Å². The van der Waals surface area contributed by atoms with Gasteiger partial charge in [0, 0.05) is 12.1 Å². The lowest BCUT2D eigenvalue weighted by atomic mass is 10.0. The molecule has 5 heteroatoms. The fraction of sp³-hybridized carbons (Fsp3) is 0.0909. The minimum atomic E-state index is -0.974. The molecule has 1 aromatic heterocycles. The Kier molecular flexibility index (Phi) is 4.22. The van der Waals surface area contributed by atoms with Crippen molar-refractivity contribution in [3.63, 3.8) is 0 Å². The molecule has 0 aliphatic carbocycles. The number of nitrogens with zero attached hydrogens (tertiary/aromatic N) is 1. The molecular weight excluding hydrogens is 338 g/mol. The van der Waals surface area contributed by atoms with Crippen LogP contribution in [0.4, 0.5) is 0 Å². The van der Waals surface area contributed by atoms with E-state index < -0.39 is 5.97 Å². The standard InChI is InChI=1S/C22H19N3O2/c1-13-10-18(22(26)27)20-19(11-13)24-21(25-20)17-8-6-16(7-9-17)15-4-2-14(12-23)3-5-15/h2-11H,12,23H2,1H3,(H,24,25)(H,26,27). The van der Waals surface area contributed by atoms with Crippen LogP contribution < -0.4 is 5.73 Å². The highest BCUT2D eigenvalue weighted by atomic mass is 16.4. The van der Waals surface area contributed by atoms with Gasteiger partial charge in [-0.2, -0.15) is 0 Å². The van der Waals surface area contributed by atoms with Gasteiger partial charge in [-0.15, -0.1) is 0 Å². The minimum Gasteiger partial charge on any atom is -0.478 e. The summed E-state index contributed by atoms with van der Waals surface area (Å²) < 4.78 is 0. The van der Waals surface area contributed by atoms with Crippen molar-refractivity contribution in [1.82, 2.24) is 9.97 Å². The Morgan fingerprint density at radius 3 is 2.19 bits per heavy atom. The summed E-state index contributed by atoms with van der Waals surface area (Å²) >= 11 is 0. The van der Waals surface area contributed by atoms with Gasteiger partial charge in [-0.1, -0.05) is 48.5 Å². The van der Waals surface area contributed by atoms with E-state index in [9.17, 15) is 9.90 Å². The molecule has 0 amide bonds. The van der Waals surface area contributed by atoms with Crippen LogP contribution in [0.3, 0.4) is 0 Å². The Labute approximate surface area is 156 Å². The summed E-state index contributed by atoms with van der Waals surface area (Å²) in [6.07, 6.45) is 0. The zero-order valence-electron chi connectivity index (χ0n) is 14.9. The SMILES string of the molecule is Cc1cc(C(=O)O)c2nc(-c3ccc(-c4ccc(CN)cc4)cc3)[nH]c2c1. The van der Waals surface area contributed by atoms with Crippen LogP contribution in [0.25, 0.3) is 33.5 Å². The third-order valence-electron chi connectivity index (χ3n) is 4.64. The molecule has 134 valence electrons. The van der Waals surface area contributed by atoms with Gasteiger partial charge in [0.2, 0.25) is 0 Å². The van der Waals surface area contributed by atoms with E-state index in [0.717, 1.165) is 33.3 Å². The minimum absolute atomic E-state index is 0.212. The number of nitrogens with one attached hydrogen (secondary N) is 1. The molecule has 0 fully saturated rings. The number of hydrogen-bond acceptors (Lipinski definition) is 3. The molecule has 0 aliphatic heterocycles. The normalized spacial score (nSPS) is 11.0. The van der Waals surface area contributed by atoms with Gasteiger partial charge in [0.05, 0.1) is 11.1 Å². The topological polar surface area (TPSA) is 92.0 Å². The van der Waals surface area contributed by atoms with Crippen LogP contribution in [0.5, 0.6) is 0 Å². The number of aryl methyl sites for hydroxylation is 1. The molecule has 1 heterocycles. The smallest absolute Gasteiger partial charge is 0.337 e. The number of benzene rings is 3. The van der Waals surface area contributed by atoms with Crippen LogP contribution in [0.15, 0.2) is 60.7 Å². The van der Waals surface area contributed by atoms with Crippen molar-refractivity contribution < 1.29 is 9.90 Å². The second-order valence-corrected chi connectivity index (χ2v) is 6.58. The van der Waals surface area contributed by atoms with Crippen molar-refractivity contribution in [2.45, 2.75) is 13.5 Å². The van der Waals surface area contributed by atoms with Gasteiger partial charge >= 0.3 is 5.97 Å². The van der Waals surface area contributed by atoms with Crippen molar-refractivity contribution in [3.8, 4) is 22.5 Å². The molecule has 0 saturated carbocycles. The molecule has 0 bridgehead atoms. The Hall–Kier alpha value is -3.44. The maximum absolute atomic E-state index is 11.5. The van der Waals surface area contributed by atoms with Gasteiger partial charge in [-0.3, -0.25) is 0 Å². The highest BCUT2D eigenvalue weighted by Gasteiger charge is 2.14. The summed E-state index contributed by atoms with van der Waals surface area (Å²) in [5.41, 5.74) is 12.2. The zero-order chi connectivity index (χ0) is 19.0. The first-order valence-corrected chi connectivity index (χ1v) is 8.68. The van der Waals surface area contributed by atoms with Crippen molar-refractivity contribution in [2.75, 3.05) is 0 Å². The molecule has 27 heavy (non-hydrogen) atoms. The van der Waals surface area contributed by atoms with Gasteiger partial charge in [0.1, 0.15) is 11.3 Å². The van der Waals surface area contributed by atoms with Crippen molar-refractivity contribution in [1.29, 1.82) is 0 Å². The Morgan fingerprint density at radius 2 is 1.59 bits per heavy atom. The molecule has 0 aliphatic rings. The number of carboxylic acid groups (broad SMARTS) is 1. The number of carbonyl (C=O) groups is 1. The number of aromatic nitrogens is 2. The first-order valence-electron chi connectivity index (χ1n) is 8.68. The van der Waals surface area contributed by atoms with E-state index in [1.54, 1.807) is 6.07 Å². The molecule has 3 aromatic carbocycles. The van der Waals surface area contributed by atoms with E-state index in [1.807, 2.05) is 49.4 Å². The van der Waals surface area contributed by atoms with Gasteiger partial charge in [0.25, 0.3) is 0 Å². The molecule has 0 spiro atoms. The van der Waals surface area contributed by atoms with Gasteiger partial charge in [-0.25, -0.2) is 9.78 Å². The Balaban J connectivity index is 1.71. The summed E-state index contributed by atoms with van der Waals surface area (Å²) in [7, 11) is 0. The van der Waals surface area contributed by atoms with Crippen LogP contribution >= 0.6 is 0 Å². The predicted molar refractivity (Wildman–Crippen MR) is 107 cm³/mol. The quantitative estimate of drug-likeness (QED) is 0.506. The van der Waals surface area contributed by atoms with Crippen molar-refractivity contribution >= 4 is 17.0 Å². The summed E-state index contributed by atoms with van der Waals surface area (Å²) in [4.78, 5) is 19.3. The summed E-state index contributed by atoms with van der Waals surface area (Å²) in [5, 5.41) is 9.43. The first-order chi connectivity index (χ1) is 13.0. The number of imidazole rings is 1. The predicted octanol–water partition coefficient (Wildman–Crippen LogP) is 4.36. The molecule has 4 rings (SSSR count). The van der Waals surface area contributed by atoms with Crippen LogP contribution in [-0.4, -0.2) is 21.0 Å². The number of nitrogens with two attached hydrogens (primary N) is 1. The zero-order valence-corrected chi connectivity index (χ0v) is 14.9. The summed E-state index contributed by atoms with van der Waals surface area (Å²) in [6, 6.07) is 19.7. The lowest BCUT2D eigenvalue weighted by molar-refractivity contribution is 0.0698. The number of H-pyrrole nitrogens is 1. The average Bonchev–Trinajstić information content (AvgIpc) is 3.11. The maximum Gasteiger partial charge on any atom is 0.337 e. The fourth-order valence-electron chi connectivity index (χ4n) is 3.22. The van der Waals surface area contributed by atoms with E-state index >= 15 is 0 Å². The summed E-state index contributed by atoms with van der Waals surface area (Å²) in [6.45, 7) is 2.40. The van der Waals surface area contributed by atoms with Gasteiger partial charge < -0.3 is 15.8 Å². The van der Waals surface area contributed by atoms with Crippen molar-refractivity contribution in [2.24, 2.45) is 5.73 Å².